The van der Waals surface area contributed by atoms with Gasteiger partial charge in [-0.05, 0) is 26.7 Å². The minimum Gasteiger partial charge on any atom is -0.502 e. The Morgan fingerprint density at radius 3 is 2.69 bits per heavy atom. The number of rotatable bonds is 7. The molecule has 0 saturated carbocycles. The summed E-state index contributed by atoms with van der Waals surface area (Å²) in [5.41, 5.74) is 0. The zero-order valence-electron chi connectivity index (χ0n) is 8.41. The molecule has 0 amide bonds. The maximum Gasteiger partial charge on any atom is 0.306 e. The lowest BCUT2D eigenvalue weighted by Gasteiger charge is -2.07. The molecule has 0 aromatic carbocycles. The molecule has 0 heterocycles. The lowest BCUT2D eigenvalue weighted by atomic mass is 10.2. The highest BCUT2D eigenvalue weighted by molar-refractivity contribution is 5.69. The summed E-state index contributed by atoms with van der Waals surface area (Å²) in [6.45, 7) is 7.73. The van der Waals surface area contributed by atoms with E-state index in [9.17, 15) is 4.79 Å². The zero-order valence-corrected chi connectivity index (χ0v) is 8.41. The maximum absolute atomic E-state index is 11.0. The Morgan fingerprint density at radius 2 is 2.15 bits per heavy atom. The van der Waals surface area contributed by atoms with Gasteiger partial charge in [0.25, 0.3) is 0 Å². The van der Waals surface area contributed by atoms with Crippen molar-refractivity contribution in [1.29, 1.82) is 0 Å². The fourth-order valence-corrected chi connectivity index (χ4v) is 0.860. The standard InChI is InChI=1S/C10H18O3/c1-4-12-8-6-5-7-10(11)13-9(2)3/h4,9H,1,5-8H2,2-3H3. The number of hydrogen-bond donors (Lipinski definition) is 0. The molecular weight excluding hydrogens is 168 g/mol. The van der Waals surface area contributed by atoms with Gasteiger partial charge in [0, 0.05) is 6.42 Å². The van der Waals surface area contributed by atoms with Gasteiger partial charge >= 0.3 is 5.97 Å². The molecule has 0 aliphatic rings. The van der Waals surface area contributed by atoms with Crippen molar-refractivity contribution in [2.45, 2.75) is 39.2 Å². The first-order valence-electron chi connectivity index (χ1n) is 4.58. The summed E-state index contributed by atoms with van der Waals surface area (Å²) in [7, 11) is 0. The largest absolute Gasteiger partial charge is 0.502 e. The van der Waals surface area contributed by atoms with Crippen LogP contribution < -0.4 is 0 Å². The van der Waals surface area contributed by atoms with Crippen molar-refractivity contribution >= 4 is 5.97 Å². The van der Waals surface area contributed by atoms with E-state index in [4.69, 9.17) is 9.47 Å². The molecule has 0 fully saturated rings. The Hall–Kier alpha value is -0.990. The quantitative estimate of drug-likeness (QED) is 0.347. The van der Waals surface area contributed by atoms with Crippen LogP contribution in [0.4, 0.5) is 0 Å². The minimum absolute atomic E-state index is 0.0167. The van der Waals surface area contributed by atoms with Crippen LogP contribution in [0.5, 0.6) is 0 Å². The van der Waals surface area contributed by atoms with Gasteiger partial charge in [-0.3, -0.25) is 4.79 Å². The van der Waals surface area contributed by atoms with Crippen LogP contribution in [0.25, 0.3) is 0 Å². The SMILES string of the molecule is C=COCCCCC(=O)OC(C)C. The van der Waals surface area contributed by atoms with Crippen molar-refractivity contribution in [2.24, 2.45) is 0 Å². The van der Waals surface area contributed by atoms with Gasteiger partial charge < -0.3 is 9.47 Å². The molecular formula is C10H18O3. The number of ether oxygens (including phenoxy) is 2. The van der Waals surface area contributed by atoms with E-state index in [0.29, 0.717) is 13.0 Å². The van der Waals surface area contributed by atoms with Crippen LogP contribution in [0.15, 0.2) is 12.8 Å². The molecule has 76 valence electrons. The van der Waals surface area contributed by atoms with Crippen LogP contribution >= 0.6 is 0 Å². The van der Waals surface area contributed by atoms with Gasteiger partial charge in [0.2, 0.25) is 0 Å². The van der Waals surface area contributed by atoms with E-state index in [1.807, 2.05) is 13.8 Å². The van der Waals surface area contributed by atoms with Crippen LogP contribution in [0.2, 0.25) is 0 Å². The van der Waals surface area contributed by atoms with Crippen molar-refractivity contribution in [3.63, 3.8) is 0 Å². The summed E-state index contributed by atoms with van der Waals surface area (Å²) in [6, 6.07) is 0. The molecule has 0 aliphatic carbocycles. The van der Waals surface area contributed by atoms with Gasteiger partial charge in [-0.25, -0.2) is 0 Å². The molecule has 0 spiro atoms. The highest BCUT2D eigenvalue weighted by Gasteiger charge is 2.03. The minimum atomic E-state index is -0.131. The average molecular weight is 186 g/mol. The molecule has 0 aliphatic heterocycles. The lowest BCUT2D eigenvalue weighted by molar-refractivity contribution is -0.147. The van der Waals surface area contributed by atoms with Crippen molar-refractivity contribution < 1.29 is 14.3 Å². The topological polar surface area (TPSA) is 35.5 Å². The first-order valence-corrected chi connectivity index (χ1v) is 4.58. The Balaban J connectivity index is 3.22. The van der Waals surface area contributed by atoms with Crippen molar-refractivity contribution in [3.05, 3.63) is 12.8 Å². The van der Waals surface area contributed by atoms with Gasteiger partial charge in [-0.1, -0.05) is 6.58 Å². The van der Waals surface area contributed by atoms with E-state index in [0.717, 1.165) is 12.8 Å². The first kappa shape index (κ1) is 12.0. The third-order valence-corrected chi connectivity index (χ3v) is 1.38. The number of esters is 1. The molecule has 0 aromatic rings. The number of hydrogen-bond acceptors (Lipinski definition) is 3. The second kappa shape index (κ2) is 7.65. The Morgan fingerprint density at radius 1 is 1.46 bits per heavy atom. The van der Waals surface area contributed by atoms with Crippen LogP contribution in [0.1, 0.15) is 33.1 Å². The third-order valence-electron chi connectivity index (χ3n) is 1.38. The van der Waals surface area contributed by atoms with Crippen LogP contribution in [0.3, 0.4) is 0 Å². The van der Waals surface area contributed by atoms with E-state index in [1.54, 1.807) is 0 Å². The highest BCUT2D eigenvalue weighted by Crippen LogP contribution is 2.00. The maximum atomic E-state index is 11.0. The molecule has 0 bridgehead atoms. The van der Waals surface area contributed by atoms with E-state index >= 15 is 0 Å². The van der Waals surface area contributed by atoms with Gasteiger partial charge in [-0.2, -0.15) is 0 Å². The summed E-state index contributed by atoms with van der Waals surface area (Å²) in [5, 5.41) is 0. The Kier molecular flexibility index (Phi) is 7.07. The van der Waals surface area contributed by atoms with Gasteiger partial charge in [-0.15, -0.1) is 0 Å². The molecule has 0 atom stereocenters. The summed E-state index contributed by atoms with van der Waals surface area (Å²) < 4.78 is 9.86. The second-order valence-electron chi connectivity index (χ2n) is 3.03. The van der Waals surface area contributed by atoms with E-state index < -0.39 is 0 Å². The number of unbranched alkanes of at least 4 members (excludes halogenated alkanes) is 1. The van der Waals surface area contributed by atoms with Gasteiger partial charge in [0.05, 0.1) is 19.0 Å². The third kappa shape index (κ3) is 8.92. The predicted octanol–water partition coefficient (Wildman–Crippen LogP) is 2.27. The average Bonchev–Trinajstić information content (AvgIpc) is 2.02. The van der Waals surface area contributed by atoms with Gasteiger partial charge in [0.15, 0.2) is 0 Å². The number of carbonyl (C=O) groups is 1. The van der Waals surface area contributed by atoms with Crippen molar-refractivity contribution in [2.75, 3.05) is 6.61 Å². The summed E-state index contributed by atoms with van der Waals surface area (Å²) in [5.74, 6) is -0.131. The highest BCUT2D eigenvalue weighted by atomic mass is 16.5. The van der Waals surface area contributed by atoms with Crippen LogP contribution in [-0.2, 0) is 14.3 Å². The van der Waals surface area contributed by atoms with Crippen molar-refractivity contribution in [1.82, 2.24) is 0 Å². The van der Waals surface area contributed by atoms with E-state index in [2.05, 4.69) is 6.58 Å². The fourth-order valence-electron chi connectivity index (χ4n) is 0.860. The van der Waals surface area contributed by atoms with E-state index in [-0.39, 0.29) is 12.1 Å². The molecule has 3 nitrogen and oxygen atoms in total. The monoisotopic (exact) mass is 186 g/mol. The summed E-state index contributed by atoms with van der Waals surface area (Å²) >= 11 is 0. The summed E-state index contributed by atoms with van der Waals surface area (Å²) in [6.07, 6.45) is 3.53. The Labute approximate surface area is 79.7 Å². The van der Waals surface area contributed by atoms with E-state index in [1.165, 1.54) is 6.26 Å². The van der Waals surface area contributed by atoms with Gasteiger partial charge in [0.1, 0.15) is 0 Å². The van der Waals surface area contributed by atoms with Crippen LogP contribution in [0, 0.1) is 0 Å². The smallest absolute Gasteiger partial charge is 0.306 e. The molecule has 0 N–H and O–H groups in total. The molecule has 3 heteroatoms. The molecule has 13 heavy (non-hydrogen) atoms. The fraction of sp³-hybridized carbons (Fsp3) is 0.700. The second-order valence-corrected chi connectivity index (χ2v) is 3.03. The normalized spacial score (nSPS) is 9.77. The van der Waals surface area contributed by atoms with Crippen molar-refractivity contribution in [3.8, 4) is 0 Å². The molecule has 0 radical (unpaired) electrons. The molecule has 0 saturated heterocycles. The Bertz CT molecular complexity index is 152. The molecule has 0 rings (SSSR count). The zero-order chi connectivity index (χ0) is 10.1. The summed E-state index contributed by atoms with van der Waals surface area (Å²) in [4.78, 5) is 11.0. The first-order chi connectivity index (χ1) is 6.16. The number of carbonyl (C=O) groups excluding carboxylic acids is 1. The molecule has 0 unspecified atom stereocenters. The molecule has 0 aromatic heterocycles. The predicted molar refractivity (Wildman–Crippen MR) is 51.2 cm³/mol. The lowest BCUT2D eigenvalue weighted by Crippen LogP contribution is -2.11. The van der Waals surface area contributed by atoms with Crippen LogP contribution in [-0.4, -0.2) is 18.7 Å².